The molecule has 1 saturated carbocycles. The molecule has 0 atom stereocenters. The molecular formula is C19H24N2O3. The average molecular weight is 328 g/mol. The summed E-state index contributed by atoms with van der Waals surface area (Å²) >= 11 is 0. The minimum absolute atomic E-state index is 0.0766. The number of benzene rings is 1. The van der Waals surface area contributed by atoms with Crippen LogP contribution >= 0.6 is 0 Å². The van der Waals surface area contributed by atoms with Crippen LogP contribution in [0.5, 0.6) is 5.75 Å². The number of carbonyl (C=O) groups is 1. The molecule has 1 aliphatic carbocycles. The summed E-state index contributed by atoms with van der Waals surface area (Å²) in [6.07, 6.45) is 5.24. The van der Waals surface area contributed by atoms with Gasteiger partial charge >= 0.3 is 0 Å². The van der Waals surface area contributed by atoms with Gasteiger partial charge in [0.1, 0.15) is 16.9 Å². The number of methoxy groups -OCH3 is 2. The second-order valence-corrected chi connectivity index (χ2v) is 6.55. The molecule has 3 rings (SSSR count). The number of nitrogens with one attached hydrogen (secondary N) is 1. The highest BCUT2D eigenvalue weighted by molar-refractivity contribution is 6.05. The molecule has 0 aliphatic heterocycles. The summed E-state index contributed by atoms with van der Waals surface area (Å²) in [6.45, 7) is 2.22. The van der Waals surface area contributed by atoms with E-state index in [1.807, 2.05) is 24.3 Å². The lowest BCUT2D eigenvalue weighted by Crippen LogP contribution is -2.47. The van der Waals surface area contributed by atoms with E-state index in [1.165, 1.54) is 0 Å². The molecule has 0 spiro atoms. The molecule has 1 aromatic heterocycles. The van der Waals surface area contributed by atoms with E-state index < -0.39 is 5.60 Å². The molecular weight excluding hydrogens is 304 g/mol. The van der Waals surface area contributed by atoms with Gasteiger partial charge in [0.2, 0.25) is 0 Å². The summed E-state index contributed by atoms with van der Waals surface area (Å²) in [7, 11) is 3.24. The van der Waals surface area contributed by atoms with Gasteiger partial charge in [0.05, 0.1) is 12.8 Å². The quantitative estimate of drug-likeness (QED) is 0.928. The molecule has 1 aromatic carbocycles. The zero-order valence-electron chi connectivity index (χ0n) is 14.5. The molecule has 1 amide bonds. The number of ether oxygens (including phenoxy) is 2. The average Bonchev–Trinajstić information content (AvgIpc) is 2.63. The van der Waals surface area contributed by atoms with E-state index in [4.69, 9.17) is 9.47 Å². The Morgan fingerprint density at radius 3 is 2.67 bits per heavy atom. The molecule has 1 aliphatic rings. The second-order valence-electron chi connectivity index (χ2n) is 6.55. The molecule has 0 radical (unpaired) electrons. The third-order valence-electron chi connectivity index (χ3n) is 5.09. The normalized spacial score (nSPS) is 23.9. The van der Waals surface area contributed by atoms with Crippen molar-refractivity contribution in [1.29, 1.82) is 0 Å². The van der Waals surface area contributed by atoms with Crippen LogP contribution in [0.2, 0.25) is 0 Å². The monoisotopic (exact) mass is 328 g/mol. The van der Waals surface area contributed by atoms with E-state index in [-0.39, 0.29) is 5.91 Å². The number of nitrogens with zero attached hydrogens (tertiary/aromatic N) is 1. The first kappa shape index (κ1) is 16.7. The van der Waals surface area contributed by atoms with Gasteiger partial charge in [-0.3, -0.25) is 9.78 Å². The Balaban J connectivity index is 1.91. The van der Waals surface area contributed by atoms with Gasteiger partial charge in [0.15, 0.2) is 0 Å². The molecule has 1 N–H and O–H groups in total. The Bertz CT molecular complexity index is 736. The maximum atomic E-state index is 12.9. The zero-order chi connectivity index (χ0) is 17.2. The van der Waals surface area contributed by atoms with Crippen molar-refractivity contribution in [2.45, 2.75) is 38.2 Å². The van der Waals surface area contributed by atoms with Crippen molar-refractivity contribution >= 4 is 22.5 Å². The predicted octanol–water partition coefficient (Wildman–Crippen LogP) is 3.78. The van der Waals surface area contributed by atoms with Crippen LogP contribution in [-0.4, -0.2) is 30.7 Å². The van der Waals surface area contributed by atoms with Crippen LogP contribution in [-0.2, 0) is 9.53 Å². The van der Waals surface area contributed by atoms with Crippen LogP contribution in [0.1, 0.15) is 32.6 Å². The summed E-state index contributed by atoms with van der Waals surface area (Å²) < 4.78 is 11.0. The summed E-state index contributed by atoms with van der Waals surface area (Å²) in [5.74, 6) is 1.26. The van der Waals surface area contributed by atoms with Crippen molar-refractivity contribution in [2.24, 2.45) is 5.92 Å². The molecule has 24 heavy (non-hydrogen) atoms. The van der Waals surface area contributed by atoms with Gasteiger partial charge in [-0.25, -0.2) is 0 Å². The SMILES string of the molecule is COc1ccc(NC(=O)C2(OC)CCC(C)CC2)c2cccnc12. The van der Waals surface area contributed by atoms with Gasteiger partial charge in [0.25, 0.3) is 5.91 Å². The number of pyridine rings is 1. The van der Waals surface area contributed by atoms with Crippen LogP contribution in [0.3, 0.4) is 0 Å². The van der Waals surface area contributed by atoms with Crippen LogP contribution in [0.15, 0.2) is 30.5 Å². The Labute approximate surface area is 142 Å². The first-order valence-electron chi connectivity index (χ1n) is 8.38. The predicted molar refractivity (Wildman–Crippen MR) is 94.3 cm³/mol. The lowest BCUT2D eigenvalue weighted by Gasteiger charge is -2.36. The van der Waals surface area contributed by atoms with Crippen molar-refractivity contribution in [3.05, 3.63) is 30.5 Å². The minimum Gasteiger partial charge on any atom is -0.494 e. The van der Waals surface area contributed by atoms with E-state index in [0.717, 1.165) is 42.3 Å². The topological polar surface area (TPSA) is 60.5 Å². The molecule has 0 saturated heterocycles. The number of rotatable bonds is 4. The van der Waals surface area contributed by atoms with Crippen molar-refractivity contribution in [3.63, 3.8) is 0 Å². The molecule has 1 fully saturated rings. The van der Waals surface area contributed by atoms with Crippen LogP contribution in [0, 0.1) is 5.92 Å². The van der Waals surface area contributed by atoms with Crippen LogP contribution in [0.25, 0.3) is 10.9 Å². The Morgan fingerprint density at radius 2 is 2.00 bits per heavy atom. The highest BCUT2D eigenvalue weighted by Crippen LogP contribution is 2.36. The smallest absolute Gasteiger partial charge is 0.256 e. The fraction of sp³-hybridized carbons (Fsp3) is 0.474. The summed E-state index contributed by atoms with van der Waals surface area (Å²) in [6, 6.07) is 7.47. The maximum absolute atomic E-state index is 12.9. The third kappa shape index (κ3) is 2.96. The fourth-order valence-corrected chi connectivity index (χ4v) is 3.41. The Morgan fingerprint density at radius 1 is 1.25 bits per heavy atom. The van der Waals surface area contributed by atoms with Gasteiger partial charge in [0, 0.05) is 18.7 Å². The molecule has 0 bridgehead atoms. The first-order valence-corrected chi connectivity index (χ1v) is 8.38. The van der Waals surface area contributed by atoms with Crippen molar-refractivity contribution in [1.82, 2.24) is 4.98 Å². The van der Waals surface area contributed by atoms with E-state index in [1.54, 1.807) is 20.4 Å². The van der Waals surface area contributed by atoms with Gasteiger partial charge < -0.3 is 14.8 Å². The highest BCUT2D eigenvalue weighted by Gasteiger charge is 2.41. The highest BCUT2D eigenvalue weighted by atomic mass is 16.5. The van der Waals surface area contributed by atoms with Gasteiger partial charge in [-0.05, 0) is 55.9 Å². The van der Waals surface area contributed by atoms with Crippen LogP contribution in [0.4, 0.5) is 5.69 Å². The Kier molecular flexibility index (Phi) is 4.71. The van der Waals surface area contributed by atoms with E-state index >= 15 is 0 Å². The van der Waals surface area contributed by atoms with Crippen LogP contribution < -0.4 is 10.1 Å². The molecule has 1 heterocycles. The maximum Gasteiger partial charge on any atom is 0.256 e. The summed E-state index contributed by atoms with van der Waals surface area (Å²) in [5, 5.41) is 3.91. The number of hydrogen-bond donors (Lipinski definition) is 1. The lowest BCUT2D eigenvalue weighted by atomic mass is 9.79. The van der Waals surface area contributed by atoms with E-state index in [9.17, 15) is 4.79 Å². The van der Waals surface area contributed by atoms with Crippen molar-refractivity contribution < 1.29 is 14.3 Å². The number of amides is 1. The molecule has 5 nitrogen and oxygen atoms in total. The molecule has 128 valence electrons. The van der Waals surface area contributed by atoms with Crippen molar-refractivity contribution in [3.8, 4) is 5.75 Å². The third-order valence-corrected chi connectivity index (χ3v) is 5.09. The van der Waals surface area contributed by atoms with Gasteiger partial charge in [-0.1, -0.05) is 6.92 Å². The zero-order valence-corrected chi connectivity index (χ0v) is 14.5. The van der Waals surface area contributed by atoms with Gasteiger partial charge in [-0.15, -0.1) is 0 Å². The number of carbonyl (C=O) groups excluding carboxylic acids is 1. The van der Waals surface area contributed by atoms with Crippen molar-refractivity contribution in [2.75, 3.05) is 19.5 Å². The molecule has 0 unspecified atom stereocenters. The number of hydrogen-bond acceptors (Lipinski definition) is 4. The number of fused-ring (bicyclic) bond motifs is 1. The number of anilines is 1. The molecule has 2 aromatic rings. The number of aromatic nitrogens is 1. The summed E-state index contributed by atoms with van der Waals surface area (Å²) in [5.41, 5.74) is 0.738. The Hall–Kier alpha value is -2.14. The standard InChI is InChI=1S/C19H24N2O3/c1-13-8-10-19(24-3,11-9-13)18(22)21-15-6-7-16(23-2)17-14(15)5-4-12-20-17/h4-7,12-13H,8-11H2,1-3H3,(H,21,22). The van der Waals surface area contributed by atoms with E-state index in [0.29, 0.717) is 11.7 Å². The first-order chi connectivity index (χ1) is 11.6. The lowest BCUT2D eigenvalue weighted by molar-refractivity contribution is -0.142. The van der Waals surface area contributed by atoms with E-state index in [2.05, 4.69) is 17.2 Å². The van der Waals surface area contributed by atoms with Gasteiger partial charge in [-0.2, -0.15) is 0 Å². The second kappa shape index (κ2) is 6.77. The molecule has 5 heteroatoms. The largest absolute Gasteiger partial charge is 0.494 e. The summed E-state index contributed by atoms with van der Waals surface area (Å²) in [4.78, 5) is 17.3. The minimum atomic E-state index is -0.735. The fourth-order valence-electron chi connectivity index (χ4n) is 3.41.